The number of hydrogen-bond donors (Lipinski definition) is 1. The third kappa shape index (κ3) is 3.75. The Morgan fingerprint density at radius 3 is 2.89 bits per heavy atom. The van der Waals surface area contributed by atoms with Gasteiger partial charge in [0.15, 0.2) is 0 Å². The van der Waals surface area contributed by atoms with Gasteiger partial charge in [0.05, 0.1) is 0 Å². The van der Waals surface area contributed by atoms with Gasteiger partial charge >= 0.3 is 6.01 Å². The molecule has 1 N–H and O–H groups in total. The van der Waals surface area contributed by atoms with Gasteiger partial charge in [0.1, 0.15) is 12.1 Å². The fraction of sp³-hybridized carbons (Fsp3) is 0.462. The van der Waals surface area contributed by atoms with E-state index in [1.54, 1.807) is 18.1 Å². The monoisotopic (exact) mass is 261 g/mol. The number of aromatic nitrogens is 4. The molecule has 6 heteroatoms. The van der Waals surface area contributed by atoms with Crippen molar-refractivity contribution in [2.45, 2.75) is 26.8 Å². The molecule has 2 rings (SSSR count). The van der Waals surface area contributed by atoms with E-state index in [0.717, 1.165) is 36.5 Å². The molecule has 0 unspecified atom stereocenters. The van der Waals surface area contributed by atoms with Gasteiger partial charge in [-0.3, -0.25) is 9.67 Å². The van der Waals surface area contributed by atoms with Crippen molar-refractivity contribution in [1.82, 2.24) is 25.1 Å². The molecule has 0 atom stereocenters. The Balaban J connectivity index is 2.14. The summed E-state index contributed by atoms with van der Waals surface area (Å²) in [6, 6.07) is 2.25. The molecule has 19 heavy (non-hydrogen) atoms. The van der Waals surface area contributed by atoms with E-state index >= 15 is 0 Å². The molecule has 0 aliphatic carbocycles. The van der Waals surface area contributed by atoms with Crippen LogP contribution in [-0.2, 0) is 13.6 Å². The van der Waals surface area contributed by atoms with Gasteiger partial charge in [-0.1, -0.05) is 6.92 Å². The minimum absolute atomic E-state index is 0.352. The zero-order chi connectivity index (χ0) is 13.7. The first-order chi connectivity index (χ1) is 9.19. The molecule has 0 saturated carbocycles. The van der Waals surface area contributed by atoms with E-state index in [1.165, 1.54) is 0 Å². The first-order valence-corrected chi connectivity index (χ1v) is 6.38. The fourth-order valence-electron chi connectivity index (χ4n) is 1.66. The van der Waals surface area contributed by atoms with Crippen LogP contribution in [0.5, 0.6) is 11.8 Å². The van der Waals surface area contributed by atoms with Crippen molar-refractivity contribution in [2.75, 3.05) is 6.54 Å². The lowest BCUT2D eigenvalue weighted by Gasteiger charge is -2.09. The lowest BCUT2D eigenvalue weighted by atomic mass is 10.2. The quantitative estimate of drug-likeness (QED) is 0.803. The van der Waals surface area contributed by atoms with Crippen LogP contribution in [-0.4, -0.2) is 26.3 Å². The van der Waals surface area contributed by atoms with Crippen LogP contribution in [0.25, 0.3) is 0 Å². The molecule has 0 spiro atoms. The van der Waals surface area contributed by atoms with E-state index in [0.29, 0.717) is 6.01 Å². The number of nitrogens with one attached hydrogen (secondary N) is 1. The molecule has 2 aromatic rings. The second kappa shape index (κ2) is 6.29. The van der Waals surface area contributed by atoms with E-state index < -0.39 is 0 Å². The summed E-state index contributed by atoms with van der Waals surface area (Å²) >= 11 is 0. The lowest BCUT2D eigenvalue weighted by Crippen LogP contribution is -2.14. The number of ether oxygens (including phenoxy) is 1. The number of aryl methyl sites for hydroxylation is 2. The molecule has 0 amide bonds. The average Bonchev–Trinajstić information content (AvgIpc) is 2.78. The molecule has 0 bridgehead atoms. The van der Waals surface area contributed by atoms with Crippen LogP contribution in [0, 0.1) is 6.92 Å². The van der Waals surface area contributed by atoms with Crippen molar-refractivity contribution in [3.05, 3.63) is 29.8 Å². The molecule has 2 aromatic heterocycles. The summed E-state index contributed by atoms with van der Waals surface area (Å²) in [6.07, 6.45) is 4.53. The van der Waals surface area contributed by atoms with Gasteiger partial charge < -0.3 is 10.1 Å². The Labute approximate surface area is 112 Å². The second-order valence-electron chi connectivity index (χ2n) is 4.41. The van der Waals surface area contributed by atoms with Crippen molar-refractivity contribution in [3.63, 3.8) is 0 Å². The first kappa shape index (κ1) is 13.5. The molecule has 0 aliphatic heterocycles. The van der Waals surface area contributed by atoms with Gasteiger partial charge in [-0.15, -0.1) is 5.10 Å². The molecule has 0 radical (unpaired) electrons. The fourth-order valence-corrected chi connectivity index (χ4v) is 1.66. The summed E-state index contributed by atoms with van der Waals surface area (Å²) in [6.45, 7) is 5.76. The zero-order valence-corrected chi connectivity index (χ0v) is 11.6. The highest BCUT2D eigenvalue weighted by atomic mass is 16.5. The van der Waals surface area contributed by atoms with E-state index in [4.69, 9.17) is 4.74 Å². The van der Waals surface area contributed by atoms with E-state index in [2.05, 4.69) is 27.3 Å². The van der Waals surface area contributed by atoms with E-state index in [-0.39, 0.29) is 0 Å². The van der Waals surface area contributed by atoms with Crippen molar-refractivity contribution in [2.24, 2.45) is 7.05 Å². The smallest absolute Gasteiger partial charge is 0.340 e. The van der Waals surface area contributed by atoms with Crippen LogP contribution >= 0.6 is 0 Å². The molecule has 2 heterocycles. The maximum absolute atomic E-state index is 5.72. The summed E-state index contributed by atoms with van der Waals surface area (Å²) in [5.74, 6) is 0.752. The molecule has 0 saturated heterocycles. The third-order valence-electron chi connectivity index (χ3n) is 2.60. The highest BCUT2D eigenvalue weighted by Crippen LogP contribution is 2.23. The Hall–Kier alpha value is -1.95. The van der Waals surface area contributed by atoms with Crippen LogP contribution in [0.15, 0.2) is 18.6 Å². The van der Waals surface area contributed by atoms with Crippen molar-refractivity contribution >= 4 is 0 Å². The standard InChI is InChI=1S/C13H19N5O/c1-4-5-14-7-11-8-15-10(2)6-12(11)19-13-16-9-18(3)17-13/h6,8-9,14H,4-5,7H2,1-3H3. The van der Waals surface area contributed by atoms with Gasteiger partial charge in [0.2, 0.25) is 0 Å². The van der Waals surface area contributed by atoms with Crippen molar-refractivity contribution < 1.29 is 4.74 Å². The highest BCUT2D eigenvalue weighted by molar-refractivity contribution is 5.34. The molecule has 6 nitrogen and oxygen atoms in total. The number of pyridine rings is 1. The van der Waals surface area contributed by atoms with Crippen LogP contribution in [0.2, 0.25) is 0 Å². The SMILES string of the molecule is CCCNCc1cnc(C)cc1Oc1ncn(C)n1. The summed E-state index contributed by atoms with van der Waals surface area (Å²) in [5, 5.41) is 7.45. The highest BCUT2D eigenvalue weighted by Gasteiger charge is 2.08. The van der Waals surface area contributed by atoms with Crippen molar-refractivity contribution in [3.8, 4) is 11.8 Å². The Kier molecular flexibility index (Phi) is 4.46. The third-order valence-corrected chi connectivity index (χ3v) is 2.60. The average molecular weight is 261 g/mol. The summed E-state index contributed by atoms with van der Waals surface area (Å²) in [4.78, 5) is 8.37. The zero-order valence-electron chi connectivity index (χ0n) is 11.6. The largest absolute Gasteiger partial charge is 0.423 e. The molecule has 0 fully saturated rings. The van der Waals surface area contributed by atoms with Crippen LogP contribution in [0.1, 0.15) is 24.6 Å². The predicted molar refractivity (Wildman–Crippen MR) is 72.0 cm³/mol. The maximum Gasteiger partial charge on any atom is 0.340 e. The molecule has 0 aliphatic rings. The van der Waals surface area contributed by atoms with Gasteiger partial charge in [-0.25, -0.2) is 0 Å². The minimum atomic E-state index is 0.352. The van der Waals surface area contributed by atoms with Crippen molar-refractivity contribution in [1.29, 1.82) is 0 Å². The van der Waals surface area contributed by atoms with E-state index in [1.807, 2.05) is 19.2 Å². The Bertz CT molecular complexity index is 538. The number of rotatable bonds is 6. The first-order valence-electron chi connectivity index (χ1n) is 6.38. The second-order valence-corrected chi connectivity index (χ2v) is 4.41. The normalized spacial score (nSPS) is 10.7. The minimum Gasteiger partial charge on any atom is -0.423 e. The van der Waals surface area contributed by atoms with E-state index in [9.17, 15) is 0 Å². The number of hydrogen-bond acceptors (Lipinski definition) is 5. The number of nitrogens with zero attached hydrogens (tertiary/aromatic N) is 4. The summed E-state index contributed by atoms with van der Waals surface area (Å²) < 4.78 is 7.33. The van der Waals surface area contributed by atoms with Gasteiger partial charge in [-0.2, -0.15) is 4.98 Å². The molecular formula is C13H19N5O. The summed E-state index contributed by atoms with van der Waals surface area (Å²) in [5.41, 5.74) is 1.91. The summed E-state index contributed by atoms with van der Waals surface area (Å²) in [7, 11) is 1.81. The molecule has 102 valence electrons. The van der Waals surface area contributed by atoms with Gasteiger partial charge in [-0.05, 0) is 19.9 Å². The lowest BCUT2D eigenvalue weighted by molar-refractivity contribution is 0.430. The molecular weight excluding hydrogens is 242 g/mol. The predicted octanol–water partition coefficient (Wildman–Crippen LogP) is 1.81. The van der Waals surface area contributed by atoms with Gasteiger partial charge in [0.25, 0.3) is 0 Å². The topological polar surface area (TPSA) is 64.9 Å². The van der Waals surface area contributed by atoms with Crippen LogP contribution < -0.4 is 10.1 Å². The van der Waals surface area contributed by atoms with Crippen LogP contribution in [0.3, 0.4) is 0 Å². The Morgan fingerprint density at radius 2 is 2.21 bits per heavy atom. The van der Waals surface area contributed by atoms with Gasteiger partial charge in [0, 0.05) is 37.1 Å². The molecule has 0 aromatic carbocycles. The maximum atomic E-state index is 5.72. The van der Waals surface area contributed by atoms with Crippen LogP contribution in [0.4, 0.5) is 0 Å². The Morgan fingerprint density at radius 1 is 1.37 bits per heavy atom.